The summed E-state index contributed by atoms with van der Waals surface area (Å²) in [6, 6.07) is 11.9. The number of phenols is 1. The van der Waals surface area contributed by atoms with Crippen LogP contribution in [0.2, 0.25) is 0 Å². The maximum atomic E-state index is 12.5. The van der Waals surface area contributed by atoms with Crippen molar-refractivity contribution in [3.05, 3.63) is 48.0 Å². The molecular formula is C16H17NO4. The lowest BCUT2D eigenvalue weighted by atomic mass is 10.1. The first kappa shape index (κ1) is 14.7. The highest BCUT2D eigenvalue weighted by atomic mass is 16.5. The lowest BCUT2D eigenvalue weighted by molar-refractivity contribution is 0.0990. The largest absolute Gasteiger partial charge is 0.504 e. The van der Waals surface area contributed by atoms with Crippen molar-refractivity contribution in [2.45, 2.75) is 0 Å². The highest BCUT2D eigenvalue weighted by molar-refractivity contribution is 6.08. The molecule has 1 amide bonds. The number of ether oxygens (including phenoxy) is 2. The van der Waals surface area contributed by atoms with Crippen molar-refractivity contribution in [1.29, 1.82) is 0 Å². The van der Waals surface area contributed by atoms with Crippen LogP contribution in [0.1, 0.15) is 10.4 Å². The maximum absolute atomic E-state index is 12.5. The van der Waals surface area contributed by atoms with Crippen LogP contribution in [-0.4, -0.2) is 32.3 Å². The number of nitrogens with zero attached hydrogens (tertiary/aromatic N) is 1. The summed E-state index contributed by atoms with van der Waals surface area (Å²) in [7, 11) is 4.64. The number of benzene rings is 2. The number of carbonyl (C=O) groups is 1. The van der Waals surface area contributed by atoms with Crippen LogP contribution in [0, 0.1) is 0 Å². The predicted octanol–water partition coefficient (Wildman–Crippen LogP) is 2.69. The van der Waals surface area contributed by atoms with Crippen LogP contribution in [0.5, 0.6) is 17.2 Å². The Labute approximate surface area is 123 Å². The van der Waals surface area contributed by atoms with Crippen molar-refractivity contribution in [1.82, 2.24) is 0 Å². The van der Waals surface area contributed by atoms with E-state index in [0.717, 1.165) is 0 Å². The molecule has 0 heterocycles. The molecule has 110 valence electrons. The van der Waals surface area contributed by atoms with Gasteiger partial charge in [0, 0.05) is 18.8 Å². The highest BCUT2D eigenvalue weighted by Crippen LogP contribution is 2.31. The van der Waals surface area contributed by atoms with Gasteiger partial charge in [-0.05, 0) is 24.3 Å². The smallest absolute Gasteiger partial charge is 0.261 e. The zero-order valence-corrected chi connectivity index (χ0v) is 12.2. The molecule has 0 radical (unpaired) electrons. The standard InChI is InChI=1S/C16H17NO4/c1-17(11-6-4-7-12(10-11)20-2)16(19)13-8-5-9-14(21-3)15(13)18/h4-10,18H,1-3H3. The molecule has 0 aliphatic rings. The van der Waals surface area contributed by atoms with Gasteiger partial charge in [0.1, 0.15) is 5.75 Å². The summed E-state index contributed by atoms with van der Waals surface area (Å²) in [6.07, 6.45) is 0. The van der Waals surface area contributed by atoms with Gasteiger partial charge in [-0.25, -0.2) is 0 Å². The molecule has 5 heteroatoms. The minimum Gasteiger partial charge on any atom is -0.504 e. The van der Waals surface area contributed by atoms with Crippen molar-refractivity contribution in [3.8, 4) is 17.2 Å². The lowest BCUT2D eigenvalue weighted by Crippen LogP contribution is -2.26. The van der Waals surface area contributed by atoms with E-state index in [1.807, 2.05) is 0 Å². The number of phenolic OH excluding ortho intramolecular Hbond substituents is 1. The molecular weight excluding hydrogens is 270 g/mol. The molecule has 1 N–H and O–H groups in total. The monoisotopic (exact) mass is 287 g/mol. The summed E-state index contributed by atoms with van der Waals surface area (Å²) < 4.78 is 10.2. The molecule has 5 nitrogen and oxygen atoms in total. The van der Waals surface area contributed by atoms with E-state index in [1.165, 1.54) is 12.0 Å². The van der Waals surface area contributed by atoms with Crippen molar-refractivity contribution in [3.63, 3.8) is 0 Å². The number of carbonyl (C=O) groups excluding carboxylic acids is 1. The SMILES string of the molecule is COc1cccc(N(C)C(=O)c2cccc(OC)c2O)c1. The first-order valence-electron chi connectivity index (χ1n) is 6.36. The van der Waals surface area contributed by atoms with Crippen LogP contribution >= 0.6 is 0 Å². The van der Waals surface area contributed by atoms with Crippen LogP contribution in [0.3, 0.4) is 0 Å². The zero-order valence-electron chi connectivity index (χ0n) is 12.2. The summed E-state index contributed by atoms with van der Waals surface area (Å²) in [5.41, 5.74) is 0.848. The molecule has 0 atom stereocenters. The van der Waals surface area contributed by atoms with Crippen molar-refractivity contribution in [2.75, 3.05) is 26.2 Å². The first-order valence-corrected chi connectivity index (χ1v) is 6.36. The fraction of sp³-hybridized carbons (Fsp3) is 0.188. The van der Waals surface area contributed by atoms with E-state index < -0.39 is 0 Å². The van der Waals surface area contributed by atoms with Gasteiger partial charge in [0.25, 0.3) is 5.91 Å². The Morgan fingerprint density at radius 3 is 2.48 bits per heavy atom. The Kier molecular flexibility index (Phi) is 4.33. The van der Waals surface area contributed by atoms with E-state index in [2.05, 4.69) is 0 Å². The number of anilines is 1. The van der Waals surface area contributed by atoms with E-state index in [9.17, 15) is 9.90 Å². The van der Waals surface area contributed by atoms with Gasteiger partial charge >= 0.3 is 0 Å². The molecule has 0 saturated heterocycles. The average molecular weight is 287 g/mol. The highest BCUT2D eigenvalue weighted by Gasteiger charge is 2.19. The number of rotatable bonds is 4. The molecule has 0 aromatic heterocycles. The third-order valence-corrected chi connectivity index (χ3v) is 3.19. The van der Waals surface area contributed by atoms with Gasteiger partial charge in [-0.1, -0.05) is 12.1 Å². The molecule has 2 rings (SSSR count). The van der Waals surface area contributed by atoms with Gasteiger partial charge in [0.2, 0.25) is 0 Å². The van der Waals surface area contributed by atoms with E-state index >= 15 is 0 Å². The van der Waals surface area contributed by atoms with Gasteiger partial charge in [0.05, 0.1) is 19.8 Å². The second-order valence-corrected chi connectivity index (χ2v) is 4.42. The van der Waals surface area contributed by atoms with E-state index in [0.29, 0.717) is 11.4 Å². The molecule has 2 aromatic rings. The molecule has 0 saturated carbocycles. The molecule has 0 bridgehead atoms. The molecule has 2 aromatic carbocycles. The molecule has 0 unspecified atom stereocenters. The number of para-hydroxylation sites is 1. The Morgan fingerprint density at radius 2 is 1.81 bits per heavy atom. The molecule has 0 spiro atoms. The Balaban J connectivity index is 2.35. The molecule has 0 aliphatic carbocycles. The van der Waals surface area contributed by atoms with Crippen molar-refractivity contribution < 1.29 is 19.4 Å². The second kappa shape index (κ2) is 6.17. The van der Waals surface area contributed by atoms with Crippen LogP contribution in [0.25, 0.3) is 0 Å². The van der Waals surface area contributed by atoms with Crippen LogP contribution in [0.15, 0.2) is 42.5 Å². The van der Waals surface area contributed by atoms with E-state index in [-0.39, 0.29) is 23.0 Å². The topological polar surface area (TPSA) is 59.0 Å². The lowest BCUT2D eigenvalue weighted by Gasteiger charge is -2.19. The quantitative estimate of drug-likeness (QED) is 0.939. The normalized spacial score (nSPS) is 10.0. The number of hydrogen-bond acceptors (Lipinski definition) is 4. The van der Waals surface area contributed by atoms with Crippen LogP contribution < -0.4 is 14.4 Å². The fourth-order valence-corrected chi connectivity index (χ4v) is 1.98. The van der Waals surface area contributed by atoms with Gasteiger partial charge in [-0.2, -0.15) is 0 Å². The van der Waals surface area contributed by atoms with E-state index in [1.54, 1.807) is 56.6 Å². The van der Waals surface area contributed by atoms with Crippen molar-refractivity contribution in [2.24, 2.45) is 0 Å². The second-order valence-electron chi connectivity index (χ2n) is 4.42. The summed E-state index contributed by atoms with van der Waals surface area (Å²) >= 11 is 0. The number of methoxy groups -OCH3 is 2. The average Bonchev–Trinajstić information content (AvgIpc) is 2.53. The summed E-state index contributed by atoms with van der Waals surface area (Å²) in [5, 5.41) is 10.1. The Morgan fingerprint density at radius 1 is 1.10 bits per heavy atom. The number of amides is 1. The molecule has 0 fully saturated rings. The van der Waals surface area contributed by atoms with Gasteiger partial charge in [-0.15, -0.1) is 0 Å². The summed E-state index contributed by atoms with van der Waals surface area (Å²) in [5.74, 6) is 0.418. The number of hydrogen-bond donors (Lipinski definition) is 1. The Hall–Kier alpha value is -2.69. The van der Waals surface area contributed by atoms with Gasteiger partial charge < -0.3 is 19.5 Å². The van der Waals surface area contributed by atoms with Gasteiger partial charge in [0.15, 0.2) is 11.5 Å². The van der Waals surface area contributed by atoms with Crippen LogP contribution in [0.4, 0.5) is 5.69 Å². The molecule has 21 heavy (non-hydrogen) atoms. The predicted molar refractivity (Wildman–Crippen MR) is 80.4 cm³/mol. The van der Waals surface area contributed by atoms with E-state index in [4.69, 9.17) is 9.47 Å². The first-order chi connectivity index (χ1) is 10.1. The van der Waals surface area contributed by atoms with Crippen LogP contribution in [-0.2, 0) is 0 Å². The summed E-state index contributed by atoms with van der Waals surface area (Å²) in [6.45, 7) is 0. The molecule has 0 aliphatic heterocycles. The minimum absolute atomic E-state index is 0.167. The van der Waals surface area contributed by atoms with Crippen molar-refractivity contribution >= 4 is 11.6 Å². The maximum Gasteiger partial charge on any atom is 0.261 e. The minimum atomic E-state index is -0.334. The fourth-order valence-electron chi connectivity index (χ4n) is 1.98. The number of aromatic hydroxyl groups is 1. The Bertz CT molecular complexity index is 654. The third-order valence-electron chi connectivity index (χ3n) is 3.19. The third kappa shape index (κ3) is 2.91. The zero-order chi connectivity index (χ0) is 15.4. The van der Waals surface area contributed by atoms with Gasteiger partial charge in [-0.3, -0.25) is 4.79 Å². The summed E-state index contributed by atoms with van der Waals surface area (Å²) in [4.78, 5) is 13.9.